The molecule has 4 heteroatoms. The highest BCUT2D eigenvalue weighted by Gasteiger charge is 2.15. The molecule has 0 aliphatic rings. The molecule has 1 heterocycles. The molecule has 0 radical (unpaired) electrons. The number of hydrogen-bond donors (Lipinski definition) is 1. The number of ether oxygens (including phenoxy) is 1. The number of phenolic OH excluding ortho intramolecular Hbond substituents is 1. The highest BCUT2D eigenvalue weighted by atomic mass is 16.5. The monoisotopic (exact) mass is 282 g/mol. The van der Waals surface area contributed by atoms with Crippen LogP contribution in [0.25, 0.3) is 11.0 Å². The molecule has 0 aliphatic carbocycles. The molecular formula is C17H14O4. The fourth-order valence-electron chi connectivity index (χ4n) is 2.15. The van der Waals surface area contributed by atoms with Gasteiger partial charge in [-0.3, -0.25) is 4.79 Å². The van der Waals surface area contributed by atoms with Gasteiger partial charge in [0.05, 0.1) is 5.39 Å². The summed E-state index contributed by atoms with van der Waals surface area (Å²) >= 11 is 0. The van der Waals surface area contributed by atoms with Gasteiger partial charge in [-0.05, 0) is 24.3 Å². The van der Waals surface area contributed by atoms with Gasteiger partial charge in [-0.25, -0.2) is 0 Å². The van der Waals surface area contributed by atoms with E-state index in [9.17, 15) is 9.90 Å². The van der Waals surface area contributed by atoms with E-state index in [0.29, 0.717) is 28.9 Å². The van der Waals surface area contributed by atoms with Crippen molar-refractivity contribution in [3.63, 3.8) is 0 Å². The van der Waals surface area contributed by atoms with Crippen molar-refractivity contribution in [2.45, 2.75) is 13.3 Å². The first kappa shape index (κ1) is 13.2. The van der Waals surface area contributed by atoms with Crippen molar-refractivity contribution >= 4 is 11.0 Å². The van der Waals surface area contributed by atoms with Crippen LogP contribution in [0.4, 0.5) is 0 Å². The number of aryl methyl sites for hydroxylation is 1. The summed E-state index contributed by atoms with van der Waals surface area (Å²) in [5, 5.41) is 9.88. The molecule has 0 saturated carbocycles. The third-order valence-electron chi connectivity index (χ3n) is 3.19. The molecule has 0 bridgehead atoms. The minimum Gasteiger partial charge on any atom is -0.508 e. The van der Waals surface area contributed by atoms with Crippen molar-refractivity contribution in [3.8, 4) is 17.2 Å². The summed E-state index contributed by atoms with van der Waals surface area (Å²) in [7, 11) is 0. The molecule has 106 valence electrons. The minimum absolute atomic E-state index is 0.0597. The van der Waals surface area contributed by atoms with Crippen LogP contribution in [0, 0.1) is 0 Å². The molecule has 0 atom stereocenters. The lowest BCUT2D eigenvalue weighted by Crippen LogP contribution is -2.08. The van der Waals surface area contributed by atoms with E-state index in [1.54, 1.807) is 12.1 Å². The zero-order valence-corrected chi connectivity index (χ0v) is 11.5. The van der Waals surface area contributed by atoms with E-state index in [-0.39, 0.29) is 16.9 Å². The van der Waals surface area contributed by atoms with Crippen LogP contribution in [-0.2, 0) is 6.42 Å². The summed E-state index contributed by atoms with van der Waals surface area (Å²) in [6, 6.07) is 13.5. The van der Waals surface area contributed by atoms with E-state index in [1.807, 2.05) is 25.1 Å². The van der Waals surface area contributed by atoms with Crippen LogP contribution in [-0.4, -0.2) is 5.11 Å². The Morgan fingerprint density at radius 2 is 1.90 bits per heavy atom. The molecule has 0 fully saturated rings. The second-order valence-electron chi connectivity index (χ2n) is 4.63. The van der Waals surface area contributed by atoms with Crippen molar-refractivity contribution < 1.29 is 14.3 Å². The molecule has 2 aromatic carbocycles. The summed E-state index contributed by atoms with van der Waals surface area (Å²) < 4.78 is 11.4. The molecule has 3 rings (SSSR count). The highest BCUT2D eigenvalue weighted by Crippen LogP contribution is 2.27. The lowest BCUT2D eigenvalue weighted by Gasteiger charge is -2.10. The summed E-state index contributed by atoms with van der Waals surface area (Å²) in [5.41, 5.74) is 0.120. The van der Waals surface area contributed by atoms with Crippen molar-refractivity contribution in [2.75, 3.05) is 0 Å². The van der Waals surface area contributed by atoms with Gasteiger partial charge in [0.1, 0.15) is 17.1 Å². The first-order valence-corrected chi connectivity index (χ1v) is 6.70. The topological polar surface area (TPSA) is 59.7 Å². The molecule has 3 aromatic rings. The van der Waals surface area contributed by atoms with Crippen LogP contribution in [0.3, 0.4) is 0 Å². The Labute approximate surface area is 121 Å². The molecule has 1 aromatic heterocycles. The van der Waals surface area contributed by atoms with E-state index in [4.69, 9.17) is 9.15 Å². The predicted molar refractivity (Wildman–Crippen MR) is 80.0 cm³/mol. The lowest BCUT2D eigenvalue weighted by molar-refractivity contribution is 0.427. The Morgan fingerprint density at radius 3 is 2.62 bits per heavy atom. The van der Waals surface area contributed by atoms with Crippen LogP contribution in [0.15, 0.2) is 57.7 Å². The third kappa shape index (κ3) is 2.48. The van der Waals surface area contributed by atoms with Crippen LogP contribution < -0.4 is 10.2 Å². The van der Waals surface area contributed by atoms with Crippen LogP contribution in [0.5, 0.6) is 17.2 Å². The quantitative estimate of drug-likeness (QED) is 0.792. The molecule has 0 spiro atoms. The van der Waals surface area contributed by atoms with Gasteiger partial charge in [0.15, 0.2) is 5.76 Å². The number of fused-ring (bicyclic) bond motifs is 1. The summed E-state index contributed by atoms with van der Waals surface area (Å²) in [5.74, 6) is 1.30. The average Bonchev–Trinajstić information content (AvgIpc) is 2.50. The Morgan fingerprint density at radius 1 is 1.14 bits per heavy atom. The SMILES string of the molecule is CCc1oc2cc(O)ccc2c(=O)c1Oc1ccccc1. The third-order valence-corrected chi connectivity index (χ3v) is 3.19. The molecule has 21 heavy (non-hydrogen) atoms. The first-order chi connectivity index (χ1) is 10.2. The fraction of sp³-hybridized carbons (Fsp3) is 0.118. The maximum Gasteiger partial charge on any atom is 0.235 e. The lowest BCUT2D eigenvalue weighted by atomic mass is 10.2. The predicted octanol–water partition coefficient (Wildman–Crippen LogP) is 3.85. The van der Waals surface area contributed by atoms with Gasteiger partial charge >= 0.3 is 0 Å². The average molecular weight is 282 g/mol. The number of benzene rings is 2. The van der Waals surface area contributed by atoms with E-state index >= 15 is 0 Å². The molecule has 1 N–H and O–H groups in total. The normalized spacial score (nSPS) is 10.7. The Balaban J connectivity index is 2.19. The summed E-state index contributed by atoms with van der Waals surface area (Å²) in [6.45, 7) is 1.88. The van der Waals surface area contributed by atoms with Gasteiger partial charge in [-0.15, -0.1) is 0 Å². The van der Waals surface area contributed by atoms with Crippen molar-refractivity contribution in [2.24, 2.45) is 0 Å². The van der Waals surface area contributed by atoms with Gasteiger partial charge < -0.3 is 14.3 Å². The van der Waals surface area contributed by atoms with E-state index < -0.39 is 0 Å². The number of aromatic hydroxyl groups is 1. The van der Waals surface area contributed by atoms with E-state index in [1.165, 1.54) is 18.2 Å². The van der Waals surface area contributed by atoms with Crippen molar-refractivity contribution in [1.82, 2.24) is 0 Å². The van der Waals surface area contributed by atoms with Crippen LogP contribution in [0.1, 0.15) is 12.7 Å². The van der Waals surface area contributed by atoms with Gasteiger partial charge in [0, 0.05) is 12.5 Å². The number of hydrogen-bond acceptors (Lipinski definition) is 4. The van der Waals surface area contributed by atoms with Gasteiger partial charge in [-0.1, -0.05) is 25.1 Å². The summed E-state index contributed by atoms with van der Waals surface area (Å²) in [6.07, 6.45) is 0.517. The number of rotatable bonds is 3. The number of para-hydroxylation sites is 1. The molecule has 4 nitrogen and oxygen atoms in total. The molecule has 0 aliphatic heterocycles. The standard InChI is InChI=1S/C17H14O4/c1-2-14-17(20-12-6-4-3-5-7-12)16(19)13-9-8-11(18)10-15(13)21-14/h3-10,18H,2H2,1H3. The van der Waals surface area contributed by atoms with E-state index in [2.05, 4.69) is 0 Å². The summed E-state index contributed by atoms with van der Waals surface area (Å²) in [4.78, 5) is 12.6. The largest absolute Gasteiger partial charge is 0.508 e. The first-order valence-electron chi connectivity index (χ1n) is 6.70. The van der Waals surface area contributed by atoms with Crippen LogP contribution >= 0.6 is 0 Å². The Kier molecular flexibility index (Phi) is 3.36. The zero-order chi connectivity index (χ0) is 14.8. The molecule has 0 amide bonds. The second-order valence-corrected chi connectivity index (χ2v) is 4.63. The molecule has 0 saturated heterocycles. The number of phenols is 1. The maximum absolute atomic E-state index is 12.6. The minimum atomic E-state index is -0.239. The molecular weight excluding hydrogens is 268 g/mol. The molecule has 0 unspecified atom stereocenters. The fourth-order valence-corrected chi connectivity index (χ4v) is 2.15. The zero-order valence-electron chi connectivity index (χ0n) is 11.5. The van der Waals surface area contributed by atoms with Crippen molar-refractivity contribution in [3.05, 3.63) is 64.5 Å². The van der Waals surface area contributed by atoms with Gasteiger partial charge in [0.25, 0.3) is 0 Å². The van der Waals surface area contributed by atoms with Crippen molar-refractivity contribution in [1.29, 1.82) is 0 Å². The van der Waals surface area contributed by atoms with Crippen LogP contribution in [0.2, 0.25) is 0 Å². The smallest absolute Gasteiger partial charge is 0.235 e. The van der Waals surface area contributed by atoms with Gasteiger partial charge in [-0.2, -0.15) is 0 Å². The Bertz CT molecular complexity index is 835. The maximum atomic E-state index is 12.6. The highest BCUT2D eigenvalue weighted by molar-refractivity contribution is 5.79. The van der Waals surface area contributed by atoms with Gasteiger partial charge in [0.2, 0.25) is 11.2 Å². The Hall–Kier alpha value is -2.75. The van der Waals surface area contributed by atoms with E-state index in [0.717, 1.165) is 0 Å². The second kappa shape index (κ2) is 5.32.